The largest absolute Gasteiger partial charge is 0.475 e. The molecule has 1 unspecified atom stereocenters. The molecule has 1 aromatic heterocycles. The molecule has 2 aromatic rings. The van der Waals surface area contributed by atoms with Crippen LogP contribution in [0.4, 0.5) is 0 Å². The highest BCUT2D eigenvalue weighted by molar-refractivity contribution is 5.84. The van der Waals surface area contributed by atoms with Crippen LogP contribution in [0.5, 0.6) is 0 Å². The van der Waals surface area contributed by atoms with E-state index in [0.29, 0.717) is 11.1 Å². The maximum absolute atomic E-state index is 10.8. The minimum Gasteiger partial charge on any atom is -0.475 e. The van der Waals surface area contributed by atoms with Gasteiger partial charge in [-0.3, -0.25) is 0 Å². The number of carboxylic acids is 1. The second kappa shape index (κ2) is 4.59. The van der Waals surface area contributed by atoms with Crippen molar-refractivity contribution < 1.29 is 19.4 Å². The van der Waals surface area contributed by atoms with Crippen molar-refractivity contribution in [1.82, 2.24) is 0 Å². The van der Waals surface area contributed by atoms with Crippen molar-refractivity contribution in [2.24, 2.45) is 0 Å². The minimum atomic E-state index is -1.50. The topological polar surface area (TPSA) is 94.5 Å². The lowest BCUT2D eigenvalue weighted by atomic mass is 9.92. The van der Waals surface area contributed by atoms with Gasteiger partial charge in [0.25, 0.3) is 0 Å². The van der Waals surface area contributed by atoms with Crippen LogP contribution >= 0.6 is 0 Å². The highest BCUT2D eigenvalue weighted by Gasteiger charge is 2.30. The molecule has 5 heteroatoms. The fourth-order valence-corrected chi connectivity index (χ4v) is 1.75. The van der Waals surface area contributed by atoms with Gasteiger partial charge in [0.1, 0.15) is 11.4 Å². The van der Waals surface area contributed by atoms with E-state index in [9.17, 15) is 9.90 Å². The molecule has 0 aliphatic rings. The molecule has 1 atom stereocenters. The molecule has 0 aliphatic carbocycles. The second-order valence-electron chi connectivity index (χ2n) is 4.23. The van der Waals surface area contributed by atoms with Crippen LogP contribution < -0.4 is 0 Å². The molecule has 0 bridgehead atoms. The molecule has 1 aromatic carbocycles. The molecule has 0 saturated carbocycles. The van der Waals surface area contributed by atoms with Gasteiger partial charge >= 0.3 is 5.97 Å². The van der Waals surface area contributed by atoms with E-state index >= 15 is 0 Å². The number of rotatable bonds is 3. The van der Waals surface area contributed by atoms with Crippen LogP contribution in [-0.2, 0) is 5.60 Å². The Morgan fingerprint density at radius 1 is 1.37 bits per heavy atom. The van der Waals surface area contributed by atoms with E-state index in [4.69, 9.17) is 14.8 Å². The van der Waals surface area contributed by atoms with Gasteiger partial charge in [-0.1, -0.05) is 12.1 Å². The molecule has 2 N–H and O–H groups in total. The third-order valence-corrected chi connectivity index (χ3v) is 2.85. The number of carboxylic acid groups (broad SMARTS) is 1. The molecule has 19 heavy (non-hydrogen) atoms. The first kappa shape index (κ1) is 12.9. The first-order chi connectivity index (χ1) is 8.95. The first-order valence-electron chi connectivity index (χ1n) is 5.52. The third-order valence-electron chi connectivity index (χ3n) is 2.85. The monoisotopic (exact) mass is 257 g/mol. The van der Waals surface area contributed by atoms with Crippen LogP contribution in [0.25, 0.3) is 0 Å². The summed E-state index contributed by atoms with van der Waals surface area (Å²) in [6.07, 6.45) is 0. The molecule has 96 valence electrons. The van der Waals surface area contributed by atoms with E-state index in [1.807, 2.05) is 6.07 Å². The number of aliphatic hydroxyl groups is 1. The van der Waals surface area contributed by atoms with Gasteiger partial charge in [0.2, 0.25) is 5.76 Å². The Bertz CT molecular complexity index is 664. The van der Waals surface area contributed by atoms with E-state index in [1.165, 1.54) is 25.1 Å². The van der Waals surface area contributed by atoms with Gasteiger partial charge in [-0.2, -0.15) is 5.26 Å². The van der Waals surface area contributed by atoms with Crippen molar-refractivity contribution >= 4 is 5.97 Å². The predicted molar refractivity (Wildman–Crippen MR) is 65.5 cm³/mol. The zero-order valence-electron chi connectivity index (χ0n) is 10.1. The summed E-state index contributed by atoms with van der Waals surface area (Å²) in [7, 11) is 0. The quantitative estimate of drug-likeness (QED) is 0.878. The van der Waals surface area contributed by atoms with Crippen LogP contribution in [0.3, 0.4) is 0 Å². The van der Waals surface area contributed by atoms with Crippen molar-refractivity contribution in [2.75, 3.05) is 0 Å². The zero-order chi connectivity index (χ0) is 14.0. The van der Waals surface area contributed by atoms with Gasteiger partial charge < -0.3 is 14.6 Å². The average molecular weight is 257 g/mol. The number of carbonyl (C=O) groups is 1. The summed E-state index contributed by atoms with van der Waals surface area (Å²) in [6, 6.07) is 11.1. The standard InChI is InChI=1S/C14H11NO4/c1-14(18,10-4-2-3-9(7-10)8-15)12-6-5-11(19-12)13(16)17/h2-7,18H,1H3,(H,16,17). The number of aromatic carboxylic acids is 1. The summed E-state index contributed by atoms with van der Waals surface area (Å²) in [5, 5.41) is 28.1. The molecule has 2 rings (SSSR count). The third kappa shape index (κ3) is 2.34. The lowest BCUT2D eigenvalue weighted by molar-refractivity contribution is 0.0601. The molecule has 0 aliphatic heterocycles. The second-order valence-corrected chi connectivity index (χ2v) is 4.23. The van der Waals surface area contributed by atoms with Crippen molar-refractivity contribution in [3.8, 4) is 6.07 Å². The Morgan fingerprint density at radius 2 is 2.11 bits per heavy atom. The van der Waals surface area contributed by atoms with Crippen LogP contribution in [0.2, 0.25) is 0 Å². The van der Waals surface area contributed by atoms with Crippen molar-refractivity contribution in [3.05, 3.63) is 59.0 Å². The Hall–Kier alpha value is -2.58. The summed E-state index contributed by atoms with van der Waals surface area (Å²) in [6.45, 7) is 1.48. The highest BCUT2D eigenvalue weighted by Crippen LogP contribution is 2.30. The Morgan fingerprint density at radius 3 is 2.68 bits per heavy atom. The molecule has 1 heterocycles. The number of furan rings is 1. The Balaban J connectivity index is 2.45. The van der Waals surface area contributed by atoms with Crippen LogP contribution in [0, 0.1) is 11.3 Å². The van der Waals surface area contributed by atoms with Gasteiger partial charge in [0, 0.05) is 0 Å². The fraction of sp³-hybridized carbons (Fsp3) is 0.143. The Kier molecular flexibility index (Phi) is 3.11. The number of benzene rings is 1. The predicted octanol–water partition coefficient (Wildman–Crippen LogP) is 2.11. The molecule has 0 amide bonds. The fourth-order valence-electron chi connectivity index (χ4n) is 1.75. The van der Waals surface area contributed by atoms with Gasteiger partial charge in [-0.15, -0.1) is 0 Å². The average Bonchev–Trinajstić information content (AvgIpc) is 2.89. The summed E-state index contributed by atoms with van der Waals surface area (Å²) < 4.78 is 5.11. The van der Waals surface area contributed by atoms with Crippen LogP contribution in [-0.4, -0.2) is 16.2 Å². The summed E-state index contributed by atoms with van der Waals surface area (Å²) in [5.74, 6) is -1.33. The van der Waals surface area contributed by atoms with E-state index in [1.54, 1.807) is 18.2 Å². The molecule has 0 saturated heterocycles. The van der Waals surface area contributed by atoms with E-state index in [2.05, 4.69) is 0 Å². The molecule has 0 spiro atoms. The Labute approximate surface area is 109 Å². The number of hydrogen-bond donors (Lipinski definition) is 2. The van der Waals surface area contributed by atoms with Crippen molar-refractivity contribution in [3.63, 3.8) is 0 Å². The summed E-state index contributed by atoms with van der Waals surface area (Å²) >= 11 is 0. The van der Waals surface area contributed by atoms with Gasteiger partial charge in [0.15, 0.2) is 0 Å². The van der Waals surface area contributed by atoms with E-state index in [0.717, 1.165) is 0 Å². The zero-order valence-corrected chi connectivity index (χ0v) is 10.1. The SMILES string of the molecule is CC(O)(c1cccc(C#N)c1)c1ccc(C(=O)O)o1. The van der Waals surface area contributed by atoms with Gasteiger partial charge in [-0.05, 0) is 36.8 Å². The molecule has 0 radical (unpaired) electrons. The van der Waals surface area contributed by atoms with Crippen molar-refractivity contribution in [2.45, 2.75) is 12.5 Å². The minimum absolute atomic E-state index is 0.111. The maximum Gasteiger partial charge on any atom is 0.371 e. The number of nitriles is 1. The van der Waals surface area contributed by atoms with Gasteiger partial charge in [-0.25, -0.2) is 4.79 Å². The molecular formula is C14H11NO4. The normalized spacial score (nSPS) is 13.5. The maximum atomic E-state index is 10.8. The first-order valence-corrected chi connectivity index (χ1v) is 5.52. The van der Waals surface area contributed by atoms with Crippen molar-refractivity contribution in [1.29, 1.82) is 5.26 Å². The lowest BCUT2D eigenvalue weighted by Crippen LogP contribution is -2.22. The van der Waals surface area contributed by atoms with Gasteiger partial charge in [0.05, 0.1) is 11.6 Å². The lowest BCUT2D eigenvalue weighted by Gasteiger charge is -2.21. The van der Waals surface area contributed by atoms with E-state index < -0.39 is 11.6 Å². The molecular weight excluding hydrogens is 246 g/mol. The molecule has 5 nitrogen and oxygen atoms in total. The summed E-state index contributed by atoms with van der Waals surface area (Å²) in [5.41, 5.74) is -0.638. The number of hydrogen-bond acceptors (Lipinski definition) is 4. The van der Waals surface area contributed by atoms with Crippen LogP contribution in [0.15, 0.2) is 40.8 Å². The van der Waals surface area contributed by atoms with E-state index in [-0.39, 0.29) is 11.5 Å². The van der Waals surface area contributed by atoms with Crippen LogP contribution in [0.1, 0.15) is 34.4 Å². The summed E-state index contributed by atoms with van der Waals surface area (Å²) in [4.78, 5) is 10.8. The number of nitrogens with zero attached hydrogens (tertiary/aromatic N) is 1. The molecule has 0 fully saturated rings. The highest BCUT2D eigenvalue weighted by atomic mass is 16.4. The smallest absolute Gasteiger partial charge is 0.371 e.